The number of rotatable bonds is 3. The van der Waals surface area contributed by atoms with E-state index in [1.165, 1.54) is 0 Å². The first-order valence-electron chi connectivity index (χ1n) is 6.95. The minimum absolute atomic E-state index is 0.0329. The molecule has 0 aliphatic carbocycles. The van der Waals surface area contributed by atoms with Gasteiger partial charge in [0.25, 0.3) is 0 Å². The molecule has 4 nitrogen and oxygen atoms in total. The largest absolute Gasteiger partial charge is 0.325 e. The Morgan fingerprint density at radius 2 is 1.55 bits per heavy atom. The molecule has 2 atom stereocenters. The molecule has 2 aromatic carbocycles. The van der Waals surface area contributed by atoms with Crippen LogP contribution >= 0.6 is 31.9 Å². The van der Waals surface area contributed by atoms with Gasteiger partial charge in [-0.1, -0.05) is 44.0 Å². The predicted molar refractivity (Wildman–Crippen MR) is 94.3 cm³/mol. The summed E-state index contributed by atoms with van der Waals surface area (Å²) in [6.45, 7) is 0. The van der Waals surface area contributed by atoms with Crippen LogP contribution in [0.5, 0.6) is 0 Å². The molecule has 0 saturated carbocycles. The summed E-state index contributed by atoms with van der Waals surface area (Å²) >= 11 is 6.81. The van der Waals surface area contributed by atoms with Gasteiger partial charge in [-0.25, -0.2) is 10.9 Å². The lowest BCUT2D eigenvalue weighted by molar-refractivity contribution is -0.117. The molecule has 1 amide bonds. The fourth-order valence-electron chi connectivity index (χ4n) is 2.40. The molecule has 2 aromatic rings. The van der Waals surface area contributed by atoms with Crippen molar-refractivity contribution in [3.05, 3.63) is 63.0 Å². The highest BCUT2D eigenvalue weighted by atomic mass is 79.9. The van der Waals surface area contributed by atoms with Gasteiger partial charge >= 0.3 is 0 Å². The molecule has 114 valence electrons. The minimum atomic E-state index is -0.253. The highest BCUT2D eigenvalue weighted by Gasteiger charge is 2.30. The van der Waals surface area contributed by atoms with Crippen LogP contribution in [0.4, 0.5) is 5.69 Å². The molecule has 1 heterocycles. The molecule has 0 aromatic heterocycles. The van der Waals surface area contributed by atoms with Gasteiger partial charge in [-0.15, -0.1) is 0 Å². The molecule has 0 spiro atoms. The van der Waals surface area contributed by atoms with Crippen molar-refractivity contribution in [2.45, 2.75) is 18.5 Å². The van der Waals surface area contributed by atoms with E-state index in [9.17, 15) is 4.79 Å². The van der Waals surface area contributed by atoms with Crippen LogP contribution in [-0.2, 0) is 4.79 Å². The first kappa shape index (κ1) is 15.7. The van der Waals surface area contributed by atoms with Crippen molar-refractivity contribution >= 4 is 43.5 Å². The van der Waals surface area contributed by atoms with Gasteiger partial charge in [0.1, 0.15) is 6.04 Å². The predicted octanol–water partition coefficient (Wildman–Crippen LogP) is 3.76. The van der Waals surface area contributed by atoms with E-state index in [1.54, 1.807) is 0 Å². The number of amides is 1. The number of benzene rings is 2. The van der Waals surface area contributed by atoms with Crippen molar-refractivity contribution in [3.63, 3.8) is 0 Å². The summed E-state index contributed by atoms with van der Waals surface area (Å²) in [5, 5.41) is 2.92. The molecule has 1 aliphatic heterocycles. The second-order valence-electron chi connectivity index (χ2n) is 5.18. The summed E-state index contributed by atoms with van der Waals surface area (Å²) in [6, 6.07) is 15.6. The van der Waals surface area contributed by atoms with Crippen molar-refractivity contribution in [3.8, 4) is 0 Å². The van der Waals surface area contributed by atoms with Crippen LogP contribution in [0.15, 0.2) is 57.5 Å². The Balaban J connectivity index is 1.61. The standard InChI is InChI=1S/C16H15Br2N3O/c17-11-3-1-10(2-4-11)14-9-15(21-20-14)16(22)19-13-7-5-12(18)6-8-13/h1-8,14-15,20-21H,9H2,(H,19,22). The van der Waals surface area contributed by atoms with E-state index in [0.29, 0.717) is 6.42 Å². The molecular formula is C16H15Br2N3O. The SMILES string of the molecule is O=C(Nc1ccc(Br)cc1)C1CC(c2ccc(Br)cc2)NN1. The van der Waals surface area contributed by atoms with Gasteiger partial charge in [0.15, 0.2) is 0 Å². The molecule has 22 heavy (non-hydrogen) atoms. The Morgan fingerprint density at radius 3 is 2.18 bits per heavy atom. The van der Waals surface area contributed by atoms with Crippen LogP contribution in [0.3, 0.4) is 0 Å². The van der Waals surface area contributed by atoms with Gasteiger partial charge in [0.05, 0.1) is 0 Å². The van der Waals surface area contributed by atoms with E-state index in [0.717, 1.165) is 20.2 Å². The quantitative estimate of drug-likeness (QED) is 0.703. The zero-order valence-corrected chi connectivity index (χ0v) is 14.8. The molecule has 6 heteroatoms. The van der Waals surface area contributed by atoms with Crippen molar-refractivity contribution in [1.29, 1.82) is 0 Å². The molecule has 3 rings (SSSR count). The first-order valence-corrected chi connectivity index (χ1v) is 8.53. The average molecular weight is 425 g/mol. The van der Waals surface area contributed by atoms with Gasteiger partial charge in [-0.05, 0) is 48.4 Å². The number of halogens is 2. The third-order valence-corrected chi connectivity index (χ3v) is 4.66. The monoisotopic (exact) mass is 423 g/mol. The number of hydrogen-bond acceptors (Lipinski definition) is 3. The maximum Gasteiger partial charge on any atom is 0.242 e. The van der Waals surface area contributed by atoms with E-state index in [1.807, 2.05) is 36.4 Å². The number of anilines is 1. The average Bonchev–Trinajstić information content (AvgIpc) is 3.00. The summed E-state index contributed by atoms with van der Waals surface area (Å²) in [5.74, 6) is -0.0329. The van der Waals surface area contributed by atoms with Crippen LogP contribution in [-0.4, -0.2) is 11.9 Å². The zero-order chi connectivity index (χ0) is 15.5. The summed E-state index contributed by atoms with van der Waals surface area (Å²) < 4.78 is 2.04. The van der Waals surface area contributed by atoms with Crippen LogP contribution in [0.25, 0.3) is 0 Å². The minimum Gasteiger partial charge on any atom is -0.325 e. The molecule has 1 saturated heterocycles. The molecule has 0 radical (unpaired) electrons. The second-order valence-corrected chi connectivity index (χ2v) is 7.01. The number of hydrazine groups is 1. The number of carbonyl (C=O) groups excluding carboxylic acids is 1. The van der Waals surface area contributed by atoms with Crippen molar-refractivity contribution in [2.75, 3.05) is 5.32 Å². The summed E-state index contributed by atoms with van der Waals surface area (Å²) in [6.07, 6.45) is 0.712. The lowest BCUT2D eigenvalue weighted by atomic mass is 10.0. The summed E-state index contributed by atoms with van der Waals surface area (Å²) in [4.78, 5) is 12.3. The Kier molecular flexibility index (Phi) is 4.93. The van der Waals surface area contributed by atoms with Gasteiger partial charge in [0.2, 0.25) is 5.91 Å². The lowest BCUT2D eigenvalue weighted by Crippen LogP contribution is -2.39. The van der Waals surface area contributed by atoms with Crippen molar-refractivity contribution in [2.24, 2.45) is 0 Å². The summed E-state index contributed by atoms with van der Waals surface area (Å²) in [5.41, 5.74) is 8.21. The van der Waals surface area contributed by atoms with E-state index in [2.05, 4.69) is 60.2 Å². The van der Waals surface area contributed by atoms with E-state index in [4.69, 9.17) is 0 Å². The maximum absolute atomic E-state index is 12.3. The van der Waals surface area contributed by atoms with Crippen LogP contribution in [0.1, 0.15) is 18.0 Å². The Morgan fingerprint density at radius 1 is 0.955 bits per heavy atom. The number of carbonyl (C=O) groups is 1. The third-order valence-electron chi connectivity index (χ3n) is 3.60. The van der Waals surface area contributed by atoms with E-state index >= 15 is 0 Å². The van der Waals surface area contributed by atoms with Crippen LogP contribution in [0.2, 0.25) is 0 Å². The lowest BCUT2D eigenvalue weighted by Gasteiger charge is -2.11. The Labute approximate surface area is 145 Å². The Hall–Kier alpha value is -1.21. The van der Waals surface area contributed by atoms with E-state index < -0.39 is 0 Å². The normalized spacial score (nSPS) is 20.8. The van der Waals surface area contributed by atoms with Crippen LogP contribution in [0, 0.1) is 0 Å². The molecule has 1 aliphatic rings. The summed E-state index contributed by atoms with van der Waals surface area (Å²) in [7, 11) is 0. The fourth-order valence-corrected chi connectivity index (χ4v) is 2.93. The van der Waals surface area contributed by atoms with Gasteiger partial charge in [0, 0.05) is 20.7 Å². The smallest absolute Gasteiger partial charge is 0.242 e. The molecule has 3 N–H and O–H groups in total. The van der Waals surface area contributed by atoms with Gasteiger partial charge in [-0.3, -0.25) is 4.79 Å². The zero-order valence-electron chi connectivity index (χ0n) is 11.6. The molecule has 0 bridgehead atoms. The van der Waals surface area contributed by atoms with Gasteiger partial charge < -0.3 is 5.32 Å². The van der Waals surface area contributed by atoms with E-state index in [-0.39, 0.29) is 18.0 Å². The van der Waals surface area contributed by atoms with Crippen LogP contribution < -0.4 is 16.2 Å². The Bertz CT molecular complexity index is 658. The maximum atomic E-state index is 12.3. The third kappa shape index (κ3) is 3.76. The fraction of sp³-hybridized carbons (Fsp3) is 0.188. The molecule has 1 fully saturated rings. The number of nitrogens with one attached hydrogen (secondary N) is 3. The first-order chi connectivity index (χ1) is 10.6. The van der Waals surface area contributed by atoms with Crippen molar-refractivity contribution in [1.82, 2.24) is 10.9 Å². The number of hydrogen-bond donors (Lipinski definition) is 3. The van der Waals surface area contributed by atoms with Crippen molar-refractivity contribution < 1.29 is 4.79 Å². The van der Waals surface area contributed by atoms with Gasteiger partial charge in [-0.2, -0.15) is 0 Å². The molecular weight excluding hydrogens is 410 g/mol. The second kappa shape index (κ2) is 6.91. The molecule has 2 unspecified atom stereocenters. The highest BCUT2D eigenvalue weighted by molar-refractivity contribution is 9.10. The highest BCUT2D eigenvalue weighted by Crippen LogP contribution is 2.24. The topological polar surface area (TPSA) is 53.2 Å².